The van der Waals surface area contributed by atoms with E-state index in [4.69, 9.17) is 0 Å². The fourth-order valence-corrected chi connectivity index (χ4v) is 2.26. The van der Waals surface area contributed by atoms with Gasteiger partial charge in [0.1, 0.15) is 0 Å². The van der Waals surface area contributed by atoms with Crippen LogP contribution in [0.1, 0.15) is 19.3 Å². The SMILES string of the molecule is O=C([C@H]1CCCNC1)N1CC[C@@H](O)C1. The van der Waals surface area contributed by atoms with E-state index in [1.54, 1.807) is 0 Å². The molecule has 2 N–H and O–H groups in total. The van der Waals surface area contributed by atoms with E-state index in [1.807, 2.05) is 4.90 Å². The van der Waals surface area contributed by atoms with Crippen LogP contribution in [0.3, 0.4) is 0 Å². The van der Waals surface area contributed by atoms with Crippen LogP contribution in [0.5, 0.6) is 0 Å². The largest absolute Gasteiger partial charge is 0.391 e. The maximum atomic E-state index is 11.9. The summed E-state index contributed by atoms with van der Waals surface area (Å²) in [5.74, 6) is 0.378. The van der Waals surface area contributed by atoms with Gasteiger partial charge in [-0.25, -0.2) is 0 Å². The van der Waals surface area contributed by atoms with Crippen LogP contribution in [-0.4, -0.2) is 48.2 Å². The fraction of sp³-hybridized carbons (Fsp3) is 0.900. The van der Waals surface area contributed by atoms with Crippen LogP contribution < -0.4 is 5.32 Å². The average molecular weight is 198 g/mol. The van der Waals surface area contributed by atoms with Gasteiger partial charge in [-0.2, -0.15) is 0 Å². The molecule has 0 bridgehead atoms. The van der Waals surface area contributed by atoms with Crippen LogP contribution in [0, 0.1) is 5.92 Å². The summed E-state index contributed by atoms with van der Waals surface area (Å²) in [6.45, 7) is 3.11. The molecule has 1 amide bonds. The molecule has 4 heteroatoms. The molecule has 0 aromatic carbocycles. The van der Waals surface area contributed by atoms with Crippen LogP contribution in [0.25, 0.3) is 0 Å². The van der Waals surface area contributed by atoms with Crippen molar-refractivity contribution in [3.8, 4) is 0 Å². The lowest BCUT2D eigenvalue weighted by Gasteiger charge is -2.26. The Morgan fingerprint density at radius 1 is 1.43 bits per heavy atom. The summed E-state index contributed by atoms with van der Waals surface area (Å²) in [4.78, 5) is 13.7. The molecule has 4 nitrogen and oxygen atoms in total. The third-order valence-electron chi connectivity index (χ3n) is 3.12. The molecule has 0 spiro atoms. The molecule has 2 aliphatic heterocycles. The van der Waals surface area contributed by atoms with Crippen LogP contribution in [0.15, 0.2) is 0 Å². The zero-order chi connectivity index (χ0) is 9.97. The second kappa shape index (κ2) is 4.28. The number of nitrogens with zero attached hydrogens (tertiary/aromatic N) is 1. The zero-order valence-electron chi connectivity index (χ0n) is 8.41. The van der Waals surface area contributed by atoms with Gasteiger partial charge in [0.2, 0.25) is 5.91 Å². The Hall–Kier alpha value is -0.610. The van der Waals surface area contributed by atoms with Crippen molar-refractivity contribution in [2.45, 2.75) is 25.4 Å². The first-order valence-corrected chi connectivity index (χ1v) is 5.45. The van der Waals surface area contributed by atoms with Crippen LogP contribution >= 0.6 is 0 Å². The molecule has 2 fully saturated rings. The van der Waals surface area contributed by atoms with Gasteiger partial charge in [-0.1, -0.05) is 0 Å². The Bertz CT molecular complexity index is 207. The zero-order valence-corrected chi connectivity index (χ0v) is 8.41. The summed E-state index contributed by atoms with van der Waals surface area (Å²) >= 11 is 0. The van der Waals surface area contributed by atoms with Gasteiger partial charge in [-0.15, -0.1) is 0 Å². The molecule has 2 heterocycles. The minimum Gasteiger partial charge on any atom is -0.391 e. The van der Waals surface area contributed by atoms with Crippen molar-refractivity contribution in [2.24, 2.45) is 5.92 Å². The fourth-order valence-electron chi connectivity index (χ4n) is 2.26. The summed E-state index contributed by atoms with van der Waals surface area (Å²) < 4.78 is 0. The number of carbonyl (C=O) groups is 1. The first kappa shape index (κ1) is 9.93. The topological polar surface area (TPSA) is 52.6 Å². The van der Waals surface area contributed by atoms with Gasteiger partial charge in [-0.05, 0) is 25.8 Å². The molecule has 80 valence electrons. The highest BCUT2D eigenvalue weighted by Gasteiger charge is 2.30. The van der Waals surface area contributed by atoms with E-state index in [0.717, 1.165) is 38.9 Å². The van der Waals surface area contributed by atoms with E-state index in [9.17, 15) is 9.90 Å². The molecular weight excluding hydrogens is 180 g/mol. The number of aliphatic hydroxyl groups is 1. The van der Waals surface area contributed by atoms with Crippen LogP contribution in [-0.2, 0) is 4.79 Å². The van der Waals surface area contributed by atoms with Gasteiger partial charge in [-0.3, -0.25) is 4.79 Å². The number of nitrogens with one attached hydrogen (secondary N) is 1. The molecule has 0 radical (unpaired) electrons. The van der Waals surface area contributed by atoms with Crippen molar-refractivity contribution < 1.29 is 9.90 Å². The lowest BCUT2D eigenvalue weighted by atomic mass is 9.98. The van der Waals surface area contributed by atoms with Gasteiger partial charge in [0, 0.05) is 19.6 Å². The van der Waals surface area contributed by atoms with Crippen molar-refractivity contribution >= 4 is 5.91 Å². The van der Waals surface area contributed by atoms with E-state index in [2.05, 4.69) is 5.32 Å². The van der Waals surface area contributed by atoms with Gasteiger partial charge in [0.15, 0.2) is 0 Å². The summed E-state index contributed by atoms with van der Waals surface area (Å²) in [5, 5.41) is 12.6. The summed E-state index contributed by atoms with van der Waals surface area (Å²) in [6, 6.07) is 0. The third-order valence-corrected chi connectivity index (χ3v) is 3.12. The number of piperidine rings is 1. The van der Waals surface area contributed by atoms with E-state index in [-0.39, 0.29) is 17.9 Å². The molecule has 0 aliphatic carbocycles. The molecule has 2 rings (SSSR count). The second-order valence-corrected chi connectivity index (χ2v) is 4.27. The van der Waals surface area contributed by atoms with E-state index < -0.39 is 0 Å². The number of β-amino-alcohol motifs (C(OH)–C–C–N with tert-alkyl or cyclic N) is 1. The minimum absolute atomic E-state index is 0.147. The third kappa shape index (κ3) is 2.07. The Labute approximate surface area is 84.3 Å². The number of amides is 1. The summed E-state index contributed by atoms with van der Waals surface area (Å²) in [6.07, 6.45) is 2.53. The van der Waals surface area contributed by atoms with Crippen molar-refractivity contribution in [3.63, 3.8) is 0 Å². The maximum absolute atomic E-state index is 11.9. The van der Waals surface area contributed by atoms with Gasteiger partial charge in [0.05, 0.1) is 12.0 Å². The molecule has 14 heavy (non-hydrogen) atoms. The lowest BCUT2D eigenvalue weighted by molar-refractivity contribution is -0.135. The Kier molecular flexibility index (Phi) is 3.03. The van der Waals surface area contributed by atoms with E-state index in [0.29, 0.717) is 6.54 Å². The molecular formula is C10H18N2O2. The molecule has 2 aliphatic rings. The standard InChI is InChI=1S/C10H18N2O2/c13-9-3-5-12(7-9)10(14)8-2-1-4-11-6-8/h8-9,11,13H,1-7H2/t8-,9+/m0/s1. The Balaban J connectivity index is 1.87. The molecule has 2 saturated heterocycles. The van der Waals surface area contributed by atoms with Gasteiger partial charge >= 0.3 is 0 Å². The monoisotopic (exact) mass is 198 g/mol. The lowest BCUT2D eigenvalue weighted by Crippen LogP contribution is -2.42. The molecule has 0 unspecified atom stereocenters. The van der Waals surface area contributed by atoms with Crippen LogP contribution in [0.4, 0.5) is 0 Å². The van der Waals surface area contributed by atoms with Gasteiger partial charge < -0.3 is 15.3 Å². The molecule has 0 saturated carbocycles. The van der Waals surface area contributed by atoms with Crippen molar-refractivity contribution in [3.05, 3.63) is 0 Å². The average Bonchev–Trinajstić information content (AvgIpc) is 2.65. The van der Waals surface area contributed by atoms with E-state index in [1.165, 1.54) is 0 Å². The number of aliphatic hydroxyl groups excluding tert-OH is 1. The van der Waals surface area contributed by atoms with E-state index >= 15 is 0 Å². The summed E-state index contributed by atoms with van der Waals surface area (Å²) in [7, 11) is 0. The molecule has 0 aromatic rings. The maximum Gasteiger partial charge on any atom is 0.227 e. The Morgan fingerprint density at radius 2 is 2.29 bits per heavy atom. The smallest absolute Gasteiger partial charge is 0.227 e. The normalized spacial score (nSPS) is 33.4. The molecule has 2 atom stereocenters. The predicted molar refractivity (Wildman–Crippen MR) is 52.8 cm³/mol. The number of rotatable bonds is 1. The van der Waals surface area contributed by atoms with Crippen molar-refractivity contribution in [1.82, 2.24) is 10.2 Å². The number of hydrogen-bond acceptors (Lipinski definition) is 3. The number of hydrogen-bond donors (Lipinski definition) is 2. The highest BCUT2D eigenvalue weighted by molar-refractivity contribution is 5.79. The first-order chi connectivity index (χ1) is 6.77. The van der Waals surface area contributed by atoms with Gasteiger partial charge in [0.25, 0.3) is 0 Å². The molecule has 0 aromatic heterocycles. The van der Waals surface area contributed by atoms with Crippen molar-refractivity contribution in [2.75, 3.05) is 26.2 Å². The second-order valence-electron chi connectivity index (χ2n) is 4.27. The summed E-state index contributed by atoms with van der Waals surface area (Å²) in [5.41, 5.74) is 0. The predicted octanol–water partition coefficient (Wildman–Crippen LogP) is -0.421. The Morgan fingerprint density at radius 3 is 2.86 bits per heavy atom. The van der Waals surface area contributed by atoms with Crippen LogP contribution in [0.2, 0.25) is 0 Å². The first-order valence-electron chi connectivity index (χ1n) is 5.45. The minimum atomic E-state index is -0.296. The van der Waals surface area contributed by atoms with Crippen molar-refractivity contribution in [1.29, 1.82) is 0 Å². The quantitative estimate of drug-likeness (QED) is 0.601. The number of carbonyl (C=O) groups excluding carboxylic acids is 1. The highest BCUT2D eigenvalue weighted by atomic mass is 16.3. The highest BCUT2D eigenvalue weighted by Crippen LogP contribution is 2.17. The number of likely N-dealkylation sites (tertiary alicyclic amines) is 1.